The molecule has 84 valence electrons. The molecule has 2 aliphatic rings. The number of carbonyl (C=O) groups is 2. The number of likely N-dealkylation sites (tertiary alicyclic amines) is 1. The van der Waals surface area contributed by atoms with Crippen LogP contribution in [-0.4, -0.2) is 35.0 Å². The largest absolute Gasteiger partial charge is 0.481 e. The lowest BCUT2D eigenvalue weighted by atomic mass is 9.84. The quantitative estimate of drug-likeness (QED) is 0.706. The molecule has 1 amide bonds. The lowest BCUT2D eigenvalue weighted by Crippen LogP contribution is -2.29. The van der Waals surface area contributed by atoms with Gasteiger partial charge in [0.15, 0.2) is 0 Å². The lowest BCUT2D eigenvalue weighted by molar-refractivity contribution is -0.141. The third-order valence-electron chi connectivity index (χ3n) is 3.94. The van der Waals surface area contributed by atoms with Crippen LogP contribution in [0, 0.1) is 11.3 Å². The Balaban J connectivity index is 2.00. The molecule has 1 aliphatic carbocycles. The summed E-state index contributed by atoms with van der Waals surface area (Å²) in [6.45, 7) is 3.16. The zero-order chi connectivity index (χ0) is 11.1. The van der Waals surface area contributed by atoms with E-state index in [0.717, 1.165) is 38.8 Å². The zero-order valence-electron chi connectivity index (χ0n) is 9.03. The molecule has 4 nitrogen and oxygen atoms in total. The Kier molecular flexibility index (Phi) is 2.44. The number of rotatable bonds is 1. The molecular weight excluding hydrogens is 194 g/mol. The standard InChI is InChI=1S/C11H17NO3/c1-8(13)12-5-4-11(7-12)3-2-9(6-11)10(14)15/h9H,2-7H2,1H3,(H,14,15). The Bertz CT molecular complexity index is 270. The highest BCUT2D eigenvalue weighted by atomic mass is 16.4. The molecular formula is C11H17NO3. The van der Waals surface area contributed by atoms with Gasteiger partial charge in [0.25, 0.3) is 0 Å². The Labute approximate surface area is 89.3 Å². The van der Waals surface area contributed by atoms with Gasteiger partial charge in [-0.1, -0.05) is 0 Å². The van der Waals surface area contributed by atoms with Crippen molar-refractivity contribution < 1.29 is 14.7 Å². The van der Waals surface area contributed by atoms with E-state index in [9.17, 15) is 9.59 Å². The van der Waals surface area contributed by atoms with Crippen LogP contribution < -0.4 is 0 Å². The summed E-state index contributed by atoms with van der Waals surface area (Å²) in [5.74, 6) is -0.740. The van der Waals surface area contributed by atoms with Crippen LogP contribution in [0.3, 0.4) is 0 Å². The predicted octanol–water partition coefficient (Wildman–Crippen LogP) is 1.11. The minimum atomic E-state index is -0.673. The van der Waals surface area contributed by atoms with Gasteiger partial charge in [0.1, 0.15) is 0 Å². The lowest BCUT2D eigenvalue weighted by Gasteiger charge is -2.23. The van der Waals surface area contributed by atoms with Gasteiger partial charge in [-0.05, 0) is 31.1 Å². The number of amides is 1. The molecule has 1 saturated carbocycles. The van der Waals surface area contributed by atoms with Crippen molar-refractivity contribution >= 4 is 11.9 Å². The molecule has 0 aromatic carbocycles. The topological polar surface area (TPSA) is 57.6 Å². The van der Waals surface area contributed by atoms with E-state index in [1.165, 1.54) is 0 Å². The first kappa shape index (κ1) is 10.5. The van der Waals surface area contributed by atoms with Crippen molar-refractivity contribution in [1.82, 2.24) is 4.90 Å². The monoisotopic (exact) mass is 211 g/mol. The SMILES string of the molecule is CC(=O)N1CCC2(CCC(C(=O)O)C2)C1. The van der Waals surface area contributed by atoms with Crippen molar-refractivity contribution in [2.24, 2.45) is 11.3 Å². The van der Waals surface area contributed by atoms with Crippen LogP contribution >= 0.6 is 0 Å². The molecule has 1 spiro atoms. The Morgan fingerprint density at radius 1 is 1.40 bits per heavy atom. The van der Waals surface area contributed by atoms with Crippen LogP contribution in [0.15, 0.2) is 0 Å². The smallest absolute Gasteiger partial charge is 0.306 e. The molecule has 0 aromatic rings. The van der Waals surface area contributed by atoms with E-state index in [4.69, 9.17) is 5.11 Å². The Morgan fingerprint density at radius 2 is 2.13 bits per heavy atom. The van der Waals surface area contributed by atoms with Crippen LogP contribution in [0.1, 0.15) is 32.6 Å². The first-order chi connectivity index (χ1) is 7.02. The molecule has 1 N–H and O–H groups in total. The molecule has 2 unspecified atom stereocenters. The maximum atomic E-state index is 11.2. The number of carboxylic acids is 1. The fraction of sp³-hybridized carbons (Fsp3) is 0.818. The van der Waals surface area contributed by atoms with Crippen LogP contribution in [0.4, 0.5) is 0 Å². The van der Waals surface area contributed by atoms with Crippen molar-refractivity contribution in [1.29, 1.82) is 0 Å². The average Bonchev–Trinajstić information content (AvgIpc) is 2.74. The number of aliphatic carboxylic acids is 1. The van der Waals surface area contributed by atoms with Crippen LogP contribution in [0.2, 0.25) is 0 Å². The highest BCUT2D eigenvalue weighted by Gasteiger charge is 2.46. The second-order valence-electron chi connectivity index (χ2n) is 4.97. The molecule has 15 heavy (non-hydrogen) atoms. The number of carboxylic acid groups (broad SMARTS) is 1. The molecule has 0 bridgehead atoms. The Morgan fingerprint density at radius 3 is 2.60 bits per heavy atom. The van der Waals surface area contributed by atoms with E-state index in [0.29, 0.717) is 0 Å². The van der Waals surface area contributed by atoms with Gasteiger partial charge >= 0.3 is 5.97 Å². The molecule has 2 fully saturated rings. The molecule has 1 heterocycles. The summed E-state index contributed by atoms with van der Waals surface area (Å²) in [6, 6.07) is 0. The highest BCUT2D eigenvalue weighted by Crippen LogP contribution is 2.48. The van der Waals surface area contributed by atoms with E-state index in [1.807, 2.05) is 4.90 Å². The van der Waals surface area contributed by atoms with Crippen LogP contribution in [0.5, 0.6) is 0 Å². The fourth-order valence-electron chi connectivity index (χ4n) is 2.99. The van der Waals surface area contributed by atoms with Gasteiger partial charge in [0.05, 0.1) is 5.92 Å². The summed E-state index contributed by atoms with van der Waals surface area (Å²) in [5.41, 5.74) is 0.120. The Hall–Kier alpha value is -1.06. The summed E-state index contributed by atoms with van der Waals surface area (Å²) in [4.78, 5) is 23.9. The second-order valence-corrected chi connectivity index (χ2v) is 4.97. The van der Waals surface area contributed by atoms with Gasteiger partial charge in [0, 0.05) is 20.0 Å². The number of hydrogen-bond donors (Lipinski definition) is 1. The van der Waals surface area contributed by atoms with Crippen LogP contribution in [-0.2, 0) is 9.59 Å². The highest BCUT2D eigenvalue weighted by molar-refractivity contribution is 5.74. The fourth-order valence-corrected chi connectivity index (χ4v) is 2.99. The van der Waals surface area contributed by atoms with Crippen molar-refractivity contribution in [2.75, 3.05) is 13.1 Å². The molecule has 0 radical (unpaired) electrons. The summed E-state index contributed by atoms with van der Waals surface area (Å²) < 4.78 is 0. The number of carbonyl (C=O) groups excluding carboxylic acids is 1. The third kappa shape index (κ3) is 1.85. The van der Waals surface area contributed by atoms with E-state index in [2.05, 4.69) is 0 Å². The van der Waals surface area contributed by atoms with Crippen molar-refractivity contribution in [3.05, 3.63) is 0 Å². The van der Waals surface area contributed by atoms with Gasteiger partial charge in [-0.2, -0.15) is 0 Å². The molecule has 1 saturated heterocycles. The first-order valence-electron chi connectivity index (χ1n) is 5.51. The van der Waals surface area contributed by atoms with E-state index in [1.54, 1.807) is 6.92 Å². The van der Waals surface area contributed by atoms with E-state index >= 15 is 0 Å². The van der Waals surface area contributed by atoms with Gasteiger partial charge < -0.3 is 10.0 Å². The average molecular weight is 211 g/mol. The van der Waals surface area contributed by atoms with Gasteiger partial charge in [-0.15, -0.1) is 0 Å². The molecule has 1 aliphatic heterocycles. The van der Waals surface area contributed by atoms with Crippen molar-refractivity contribution in [3.63, 3.8) is 0 Å². The minimum absolute atomic E-state index is 0.116. The first-order valence-corrected chi connectivity index (χ1v) is 5.51. The summed E-state index contributed by atoms with van der Waals surface area (Å²) in [6.07, 6.45) is 3.48. The third-order valence-corrected chi connectivity index (χ3v) is 3.94. The van der Waals surface area contributed by atoms with Gasteiger partial charge in [-0.25, -0.2) is 0 Å². The number of hydrogen-bond acceptors (Lipinski definition) is 2. The van der Waals surface area contributed by atoms with Gasteiger partial charge in [-0.3, -0.25) is 9.59 Å². The molecule has 2 rings (SSSR count). The summed E-state index contributed by atoms with van der Waals surface area (Å²) in [7, 11) is 0. The maximum absolute atomic E-state index is 11.2. The minimum Gasteiger partial charge on any atom is -0.481 e. The van der Waals surface area contributed by atoms with Crippen molar-refractivity contribution in [2.45, 2.75) is 32.6 Å². The predicted molar refractivity (Wildman–Crippen MR) is 54.3 cm³/mol. The van der Waals surface area contributed by atoms with Crippen molar-refractivity contribution in [3.8, 4) is 0 Å². The summed E-state index contributed by atoms with van der Waals surface area (Å²) >= 11 is 0. The molecule has 4 heteroatoms. The van der Waals surface area contributed by atoms with Gasteiger partial charge in [0.2, 0.25) is 5.91 Å². The molecule has 2 atom stereocenters. The maximum Gasteiger partial charge on any atom is 0.306 e. The van der Waals surface area contributed by atoms with E-state index < -0.39 is 5.97 Å². The second kappa shape index (κ2) is 3.51. The van der Waals surface area contributed by atoms with Crippen LogP contribution in [0.25, 0.3) is 0 Å². The normalized spacial score (nSPS) is 35.0. The zero-order valence-corrected chi connectivity index (χ0v) is 9.03. The van der Waals surface area contributed by atoms with E-state index in [-0.39, 0.29) is 17.2 Å². The molecule has 0 aromatic heterocycles. The number of nitrogens with zero attached hydrogens (tertiary/aromatic N) is 1. The summed E-state index contributed by atoms with van der Waals surface area (Å²) in [5, 5.41) is 8.95.